The summed E-state index contributed by atoms with van der Waals surface area (Å²) in [6.07, 6.45) is 1.20. The number of nitrogens with zero attached hydrogens (tertiary/aromatic N) is 3. The van der Waals surface area contributed by atoms with E-state index in [4.69, 9.17) is 4.74 Å². The number of thiophene rings is 1. The number of aromatic nitrogens is 1. The van der Waals surface area contributed by atoms with Gasteiger partial charge in [-0.25, -0.2) is 8.42 Å². The van der Waals surface area contributed by atoms with Gasteiger partial charge in [-0.1, -0.05) is 17.4 Å². The lowest BCUT2D eigenvalue weighted by Gasteiger charge is -2.29. The number of amides is 2. The van der Waals surface area contributed by atoms with Crippen molar-refractivity contribution >= 4 is 60.4 Å². The van der Waals surface area contributed by atoms with Crippen LogP contribution >= 0.6 is 22.7 Å². The molecule has 1 unspecified atom stereocenters. The number of carbonyl (C=O) groups excluding carboxylic acids is 2. The van der Waals surface area contributed by atoms with E-state index in [9.17, 15) is 18.0 Å². The molecule has 1 N–H and O–H groups in total. The zero-order valence-corrected chi connectivity index (χ0v) is 21.3. The first kappa shape index (κ1) is 24.7. The van der Waals surface area contributed by atoms with Crippen molar-refractivity contribution in [3.8, 4) is 0 Å². The van der Waals surface area contributed by atoms with Crippen LogP contribution in [0.5, 0.6) is 0 Å². The van der Waals surface area contributed by atoms with E-state index in [2.05, 4.69) is 10.3 Å². The number of hydrogen-bond donors (Lipinski definition) is 1. The first-order valence-electron chi connectivity index (χ1n) is 10.8. The van der Waals surface area contributed by atoms with Gasteiger partial charge in [0.05, 0.1) is 22.7 Å². The summed E-state index contributed by atoms with van der Waals surface area (Å²) in [5.74, 6) is -0.993. The van der Waals surface area contributed by atoms with Crippen LogP contribution in [0, 0.1) is 5.92 Å². The summed E-state index contributed by atoms with van der Waals surface area (Å²) in [5.41, 5.74) is 1.55. The van der Waals surface area contributed by atoms with Crippen molar-refractivity contribution in [3.63, 3.8) is 0 Å². The Bertz CT molecular complexity index is 1360. The Labute approximate surface area is 205 Å². The molecule has 1 aromatic carbocycles. The van der Waals surface area contributed by atoms with Gasteiger partial charge in [0.15, 0.2) is 4.80 Å². The molecule has 3 aromatic rings. The third kappa shape index (κ3) is 5.31. The molecule has 12 heteroatoms. The van der Waals surface area contributed by atoms with E-state index in [1.807, 2.05) is 16.7 Å². The maximum absolute atomic E-state index is 13.2. The molecule has 9 nitrogen and oxygen atoms in total. The number of carbonyl (C=O) groups is 2. The molecule has 1 aliphatic heterocycles. The van der Waals surface area contributed by atoms with Crippen molar-refractivity contribution in [1.29, 1.82) is 0 Å². The lowest BCUT2D eigenvalue weighted by atomic mass is 9.99. The van der Waals surface area contributed by atoms with E-state index in [0.29, 0.717) is 43.0 Å². The Balaban J connectivity index is 1.64. The minimum Gasteiger partial charge on any atom is -0.383 e. The van der Waals surface area contributed by atoms with Crippen molar-refractivity contribution < 1.29 is 22.7 Å². The summed E-state index contributed by atoms with van der Waals surface area (Å²) >= 11 is 2.53. The Hall–Kier alpha value is -2.38. The highest BCUT2D eigenvalue weighted by atomic mass is 32.2. The van der Waals surface area contributed by atoms with Gasteiger partial charge in [0.25, 0.3) is 15.9 Å². The van der Waals surface area contributed by atoms with Gasteiger partial charge in [-0.05, 0) is 42.5 Å². The molecule has 0 radical (unpaired) electrons. The molecule has 3 heterocycles. The molecule has 34 heavy (non-hydrogen) atoms. The Morgan fingerprint density at radius 3 is 2.82 bits per heavy atom. The zero-order valence-electron chi connectivity index (χ0n) is 18.9. The predicted molar refractivity (Wildman–Crippen MR) is 132 cm³/mol. The van der Waals surface area contributed by atoms with E-state index in [0.717, 1.165) is 10.2 Å². The number of fused-ring (bicyclic) bond motifs is 1. The molecule has 1 fully saturated rings. The largest absolute Gasteiger partial charge is 0.383 e. The van der Waals surface area contributed by atoms with Crippen LogP contribution in [0.4, 0.5) is 5.69 Å². The molecule has 1 aliphatic rings. The smallest absolute Gasteiger partial charge is 0.252 e. The summed E-state index contributed by atoms with van der Waals surface area (Å²) < 4.78 is 35.5. The molecule has 4 rings (SSSR count). The van der Waals surface area contributed by atoms with Crippen molar-refractivity contribution in [2.45, 2.75) is 30.5 Å². The second-order valence-electron chi connectivity index (χ2n) is 7.98. The molecule has 182 valence electrons. The van der Waals surface area contributed by atoms with E-state index in [-0.39, 0.29) is 22.6 Å². The molecule has 0 bridgehead atoms. The highest BCUT2D eigenvalue weighted by molar-refractivity contribution is 7.91. The maximum atomic E-state index is 13.2. The van der Waals surface area contributed by atoms with Crippen LogP contribution in [0.15, 0.2) is 44.9 Å². The van der Waals surface area contributed by atoms with Crippen molar-refractivity contribution in [2.24, 2.45) is 10.9 Å². The standard InChI is InChI=1S/C22H26N4O5S3/c1-15(27)23-17-7-8-18-19(13-17)33-22(26(18)10-11-31-2)24-21(28)16-5-3-9-25(14-16)34(29,30)20-6-4-12-32-20/h4,6-8,12-13,16H,3,5,9-11,14H2,1-2H3,(H,23,27). The number of nitrogens with one attached hydrogen (secondary N) is 1. The van der Waals surface area contributed by atoms with E-state index >= 15 is 0 Å². The average molecular weight is 523 g/mol. The number of sulfonamides is 1. The molecule has 2 amide bonds. The Morgan fingerprint density at radius 2 is 2.12 bits per heavy atom. The summed E-state index contributed by atoms with van der Waals surface area (Å²) in [5, 5.41) is 4.50. The zero-order chi connectivity index (χ0) is 24.3. The molecule has 0 aliphatic carbocycles. The number of ether oxygens (including phenoxy) is 1. The number of methoxy groups -OCH3 is 1. The van der Waals surface area contributed by atoms with Crippen LogP contribution in [-0.4, -0.2) is 55.9 Å². The topological polar surface area (TPSA) is 110 Å². The number of piperidine rings is 1. The van der Waals surface area contributed by atoms with E-state index < -0.39 is 15.9 Å². The molecule has 2 aromatic heterocycles. The highest BCUT2D eigenvalue weighted by Crippen LogP contribution is 2.27. The number of anilines is 1. The Kier molecular flexibility index (Phi) is 7.63. The lowest BCUT2D eigenvalue weighted by molar-refractivity contribution is -0.123. The summed E-state index contributed by atoms with van der Waals surface area (Å²) in [6, 6.07) is 8.83. The molecule has 1 saturated heterocycles. The minimum atomic E-state index is -3.61. The molecular formula is C22H26N4O5S3. The average Bonchev–Trinajstić information content (AvgIpc) is 3.46. The van der Waals surface area contributed by atoms with E-state index in [1.54, 1.807) is 30.7 Å². The normalized spacial score (nSPS) is 17.8. The van der Waals surface area contributed by atoms with E-state index in [1.165, 1.54) is 33.9 Å². The molecular weight excluding hydrogens is 496 g/mol. The van der Waals surface area contributed by atoms with Crippen LogP contribution in [0.1, 0.15) is 19.8 Å². The van der Waals surface area contributed by atoms with Crippen LogP contribution in [0.3, 0.4) is 0 Å². The summed E-state index contributed by atoms with van der Waals surface area (Å²) in [6.45, 7) is 2.91. The third-order valence-corrected chi connectivity index (χ3v) is 9.83. The summed E-state index contributed by atoms with van der Waals surface area (Å²) in [4.78, 5) is 29.5. The van der Waals surface area contributed by atoms with Crippen molar-refractivity contribution in [1.82, 2.24) is 8.87 Å². The highest BCUT2D eigenvalue weighted by Gasteiger charge is 2.33. The lowest BCUT2D eigenvalue weighted by Crippen LogP contribution is -2.42. The predicted octanol–water partition coefficient (Wildman–Crippen LogP) is 2.90. The number of rotatable bonds is 7. The van der Waals surface area contributed by atoms with Crippen LogP contribution in [0.25, 0.3) is 10.2 Å². The summed E-state index contributed by atoms with van der Waals surface area (Å²) in [7, 11) is -2.00. The van der Waals surface area contributed by atoms with Gasteiger partial charge in [-0.3, -0.25) is 9.59 Å². The van der Waals surface area contributed by atoms with Gasteiger partial charge in [-0.2, -0.15) is 9.30 Å². The quantitative estimate of drug-likeness (QED) is 0.513. The van der Waals surface area contributed by atoms with Gasteiger partial charge >= 0.3 is 0 Å². The fraction of sp³-hybridized carbons (Fsp3) is 0.409. The van der Waals surface area contributed by atoms with Crippen LogP contribution < -0.4 is 10.1 Å². The monoisotopic (exact) mass is 522 g/mol. The SMILES string of the molecule is COCCn1c(=NC(=O)C2CCCN(S(=O)(=O)c3cccs3)C2)sc2cc(NC(C)=O)ccc21. The molecule has 0 saturated carbocycles. The number of thiazole rings is 1. The first-order valence-corrected chi connectivity index (χ1v) is 14.0. The second-order valence-corrected chi connectivity index (χ2v) is 12.1. The number of benzene rings is 1. The molecule has 1 atom stereocenters. The minimum absolute atomic E-state index is 0.123. The Morgan fingerprint density at radius 1 is 1.29 bits per heavy atom. The third-order valence-electron chi connectivity index (χ3n) is 5.55. The number of hydrogen-bond acceptors (Lipinski definition) is 7. The fourth-order valence-electron chi connectivity index (χ4n) is 3.92. The van der Waals surface area contributed by atoms with Crippen molar-refractivity contribution in [3.05, 3.63) is 40.5 Å². The maximum Gasteiger partial charge on any atom is 0.252 e. The van der Waals surface area contributed by atoms with Gasteiger partial charge in [0.2, 0.25) is 5.91 Å². The van der Waals surface area contributed by atoms with Crippen LogP contribution in [-0.2, 0) is 30.9 Å². The van der Waals surface area contributed by atoms with Crippen molar-refractivity contribution in [2.75, 3.05) is 32.1 Å². The van der Waals surface area contributed by atoms with Gasteiger partial charge < -0.3 is 14.6 Å². The first-order chi connectivity index (χ1) is 16.3. The fourth-order valence-corrected chi connectivity index (χ4v) is 7.69. The van der Waals surface area contributed by atoms with Gasteiger partial charge in [-0.15, -0.1) is 11.3 Å². The molecule has 0 spiro atoms. The second kappa shape index (κ2) is 10.5. The van der Waals surface area contributed by atoms with Crippen LogP contribution in [0.2, 0.25) is 0 Å². The van der Waals surface area contributed by atoms with Gasteiger partial charge in [0, 0.05) is 39.4 Å². The van der Waals surface area contributed by atoms with Gasteiger partial charge in [0.1, 0.15) is 4.21 Å².